The highest BCUT2D eigenvalue weighted by molar-refractivity contribution is 5.73. The van der Waals surface area contributed by atoms with E-state index >= 15 is 0 Å². The lowest BCUT2D eigenvalue weighted by Crippen LogP contribution is -1.97. The van der Waals surface area contributed by atoms with Gasteiger partial charge in [0.05, 0.1) is 18.1 Å². The molecule has 3 rings (SSSR count). The number of nitrogens with zero attached hydrogens (tertiary/aromatic N) is 1. The smallest absolute Gasteiger partial charge is 0.311 e. The third kappa shape index (κ3) is 8.13. The van der Waals surface area contributed by atoms with E-state index in [-0.39, 0.29) is 5.69 Å². The molecule has 0 unspecified atom stereocenters. The number of benzene rings is 3. The lowest BCUT2D eigenvalue weighted by molar-refractivity contribution is -0.385. The summed E-state index contributed by atoms with van der Waals surface area (Å²) >= 11 is 0. The Balaban J connectivity index is 1.52. The fraction of sp³-hybridized carbons (Fsp3) is 0.400. The van der Waals surface area contributed by atoms with Gasteiger partial charge in [-0.05, 0) is 53.8 Å². The van der Waals surface area contributed by atoms with Crippen molar-refractivity contribution < 1.29 is 14.4 Å². The Bertz CT molecular complexity index is 1040. The molecule has 0 heterocycles. The minimum atomic E-state index is -0.402. The quantitative estimate of drug-likeness (QED) is 0.125. The summed E-state index contributed by atoms with van der Waals surface area (Å²) in [5.41, 5.74) is 3.88. The Hall–Kier alpha value is -3.34. The van der Waals surface area contributed by atoms with Crippen LogP contribution in [-0.2, 0) is 0 Å². The minimum absolute atomic E-state index is 0.0176. The van der Waals surface area contributed by atoms with Crippen molar-refractivity contribution in [2.45, 2.75) is 65.2 Å². The molecule has 0 amide bonds. The van der Waals surface area contributed by atoms with Gasteiger partial charge >= 0.3 is 5.69 Å². The predicted octanol–water partition coefficient (Wildman–Crippen LogP) is 8.85. The van der Waals surface area contributed by atoms with E-state index in [2.05, 4.69) is 19.1 Å². The normalized spacial score (nSPS) is 10.8. The van der Waals surface area contributed by atoms with Crippen molar-refractivity contribution in [3.05, 3.63) is 76.8 Å². The molecule has 0 spiro atoms. The molecule has 5 nitrogen and oxygen atoms in total. The van der Waals surface area contributed by atoms with Crippen molar-refractivity contribution in [3.8, 4) is 33.8 Å². The van der Waals surface area contributed by atoms with Gasteiger partial charge in [-0.2, -0.15) is 0 Å². The Morgan fingerprint density at radius 3 is 1.74 bits per heavy atom. The second-order valence-electron chi connectivity index (χ2n) is 8.80. The van der Waals surface area contributed by atoms with Crippen molar-refractivity contribution in [1.82, 2.24) is 0 Å². The molecule has 3 aromatic rings. The van der Waals surface area contributed by atoms with E-state index in [1.165, 1.54) is 44.9 Å². The van der Waals surface area contributed by atoms with Gasteiger partial charge < -0.3 is 9.47 Å². The van der Waals surface area contributed by atoms with E-state index in [1.54, 1.807) is 12.1 Å². The summed E-state index contributed by atoms with van der Waals surface area (Å²) < 4.78 is 11.3. The third-order valence-electron chi connectivity index (χ3n) is 6.13. The van der Waals surface area contributed by atoms with Crippen LogP contribution in [0, 0.1) is 10.1 Å². The van der Waals surface area contributed by atoms with Crippen LogP contribution >= 0.6 is 0 Å². The van der Waals surface area contributed by atoms with Crippen molar-refractivity contribution in [3.63, 3.8) is 0 Å². The van der Waals surface area contributed by atoms with Crippen LogP contribution in [0.25, 0.3) is 22.3 Å². The number of unbranched alkanes of at least 4 members (excludes halogenated alkanes) is 7. The zero-order valence-electron chi connectivity index (χ0n) is 21.0. The first kappa shape index (κ1) is 26.3. The molecule has 5 heteroatoms. The second kappa shape index (κ2) is 14.1. The van der Waals surface area contributed by atoms with Gasteiger partial charge in [0.15, 0.2) is 5.75 Å². The summed E-state index contributed by atoms with van der Waals surface area (Å²) in [4.78, 5) is 11.0. The monoisotopic (exact) mass is 475 g/mol. The summed E-state index contributed by atoms with van der Waals surface area (Å²) in [5.74, 6) is 1.19. The maximum Gasteiger partial charge on any atom is 0.311 e. The van der Waals surface area contributed by atoms with E-state index in [9.17, 15) is 10.1 Å². The van der Waals surface area contributed by atoms with Crippen LogP contribution in [0.5, 0.6) is 11.5 Å². The molecule has 0 saturated carbocycles. The SMILES string of the molecule is CCCCCCCCCCOc1ccc(-c2ccc(-c3ccc(OCC)c([N+](=O)[O-])c3)cc2)cc1. The average molecular weight is 476 g/mol. The number of nitro groups is 1. The number of hydrogen-bond donors (Lipinski definition) is 0. The first-order valence-electron chi connectivity index (χ1n) is 12.9. The number of hydrogen-bond acceptors (Lipinski definition) is 4. The first-order valence-corrected chi connectivity index (χ1v) is 12.9. The zero-order chi connectivity index (χ0) is 24.9. The zero-order valence-corrected chi connectivity index (χ0v) is 21.0. The molecule has 0 bridgehead atoms. The molecule has 0 aliphatic heterocycles. The van der Waals surface area contributed by atoms with Crippen molar-refractivity contribution in [1.29, 1.82) is 0 Å². The van der Waals surface area contributed by atoms with Crippen LogP contribution < -0.4 is 9.47 Å². The maximum absolute atomic E-state index is 11.4. The molecule has 0 N–H and O–H groups in total. The summed E-state index contributed by atoms with van der Waals surface area (Å²) in [6.07, 6.45) is 10.3. The van der Waals surface area contributed by atoms with Gasteiger partial charge in [-0.15, -0.1) is 0 Å². The van der Waals surface area contributed by atoms with Crippen LogP contribution in [0.4, 0.5) is 5.69 Å². The Morgan fingerprint density at radius 1 is 0.657 bits per heavy atom. The average Bonchev–Trinajstić information content (AvgIpc) is 2.88. The molecule has 35 heavy (non-hydrogen) atoms. The molecule has 0 aliphatic carbocycles. The van der Waals surface area contributed by atoms with Gasteiger partial charge in [0.2, 0.25) is 0 Å². The highest BCUT2D eigenvalue weighted by Crippen LogP contribution is 2.33. The van der Waals surface area contributed by atoms with Crippen LogP contribution in [0.3, 0.4) is 0 Å². The molecular weight excluding hydrogens is 438 g/mol. The molecule has 0 atom stereocenters. The topological polar surface area (TPSA) is 61.6 Å². The van der Waals surface area contributed by atoms with Gasteiger partial charge in [-0.25, -0.2) is 0 Å². The maximum atomic E-state index is 11.4. The van der Waals surface area contributed by atoms with Crippen molar-refractivity contribution in [2.24, 2.45) is 0 Å². The summed E-state index contributed by atoms with van der Waals surface area (Å²) in [6.45, 7) is 5.21. The molecule has 186 valence electrons. The van der Waals surface area contributed by atoms with Crippen LogP contribution in [0.1, 0.15) is 65.2 Å². The van der Waals surface area contributed by atoms with Gasteiger partial charge in [-0.1, -0.05) is 94.3 Å². The van der Waals surface area contributed by atoms with E-state index < -0.39 is 4.92 Å². The van der Waals surface area contributed by atoms with Crippen LogP contribution in [-0.4, -0.2) is 18.1 Å². The number of nitro benzene ring substituents is 1. The number of ether oxygens (including phenoxy) is 2. The summed E-state index contributed by atoms with van der Waals surface area (Å²) in [5, 5.41) is 11.4. The van der Waals surface area contributed by atoms with Gasteiger partial charge in [0, 0.05) is 6.07 Å². The molecule has 0 radical (unpaired) electrons. The van der Waals surface area contributed by atoms with E-state index in [0.717, 1.165) is 41.0 Å². The van der Waals surface area contributed by atoms with Gasteiger partial charge in [0.1, 0.15) is 5.75 Å². The van der Waals surface area contributed by atoms with E-state index in [4.69, 9.17) is 9.47 Å². The molecule has 0 fully saturated rings. The Morgan fingerprint density at radius 2 is 1.17 bits per heavy atom. The second-order valence-corrected chi connectivity index (χ2v) is 8.80. The van der Waals surface area contributed by atoms with Gasteiger partial charge in [0.25, 0.3) is 0 Å². The molecule has 3 aromatic carbocycles. The van der Waals surface area contributed by atoms with E-state index in [0.29, 0.717) is 12.4 Å². The van der Waals surface area contributed by atoms with Crippen molar-refractivity contribution in [2.75, 3.05) is 13.2 Å². The highest BCUT2D eigenvalue weighted by atomic mass is 16.6. The lowest BCUT2D eigenvalue weighted by atomic mass is 10.00. The van der Waals surface area contributed by atoms with Crippen molar-refractivity contribution >= 4 is 5.69 Å². The summed E-state index contributed by atoms with van der Waals surface area (Å²) in [7, 11) is 0. The fourth-order valence-corrected chi connectivity index (χ4v) is 4.14. The Kier molecular flexibility index (Phi) is 10.6. The molecule has 0 aliphatic rings. The largest absolute Gasteiger partial charge is 0.494 e. The first-order chi connectivity index (χ1) is 17.1. The predicted molar refractivity (Wildman–Crippen MR) is 143 cm³/mol. The Labute approximate surface area is 209 Å². The fourth-order valence-electron chi connectivity index (χ4n) is 4.14. The standard InChI is InChI=1S/C30H37NO4/c1-3-5-6-7-8-9-10-11-22-35-28-19-16-25(17-20-28)24-12-14-26(15-13-24)27-18-21-30(34-4-2)29(23-27)31(32)33/h12-21,23H,3-11,22H2,1-2H3. The van der Waals surface area contributed by atoms with Crippen LogP contribution in [0.2, 0.25) is 0 Å². The highest BCUT2D eigenvalue weighted by Gasteiger charge is 2.16. The lowest BCUT2D eigenvalue weighted by Gasteiger charge is -2.09. The van der Waals surface area contributed by atoms with Crippen LogP contribution in [0.15, 0.2) is 66.7 Å². The third-order valence-corrected chi connectivity index (χ3v) is 6.13. The van der Waals surface area contributed by atoms with E-state index in [1.807, 2.05) is 49.4 Å². The molecule has 0 saturated heterocycles. The molecule has 0 aromatic heterocycles. The molecular formula is C30H37NO4. The number of rotatable bonds is 15. The minimum Gasteiger partial charge on any atom is -0.494 e. The van der Waals surface area contributed by atoms with Gasteiger partial charge in [-0.3, -0.25) is 10.1 Å². The summed E-state index contributed by atoms with van der Waals surface area (Å²) in [6, 6.07) is 21.3.